The van der Waals surface area contributed by atoms with Gasteiger partial charge in [-0.1, -0.05) is 0 Å². The van der Waals surface area contributed by atoms with Gasteiger partial charge in [0.1, 0.15) is 25.1 Å². The minimum Gasteiger partial charge on any atom is -0.512 e. The number of aromatic nitrogens is 1. The van der Waals surface area contributed by atoms with Crippen LogP contribution < -0.4 is 20.6 Å². The molecule has 0 radical (unpaired) electrons. The Morgan fingerprint density at radius 3 is 2.64 bits per heavy atom. The van der Waals surface area contributed by atoms with Gasteiger partial charge >= 0.3 is 0 Å². The maximum atomic E-state index is 12.1. The highest BCUT2D eigenvalue weighted by Crippen LogP contribution is 2.15. The van der Waals surface area contributed by atoms with E-state index in [9.17, 15) is 15.0 Å². The lowest BCUT2D eigenvalue weighted by molar-refractivity contribution is 0.466. The van der Waals surface area contributed by atoms with Gasteiger partial charge in [-0.05, 0) is 19.1 Å². The number of nitrogens with zero attached hydrogens (tertiary/aromatic N) is 2. The molecule has 1 aromatic heterocycles. The first-order valence-electron chi connectivity index (χ1n) is 6.69. The monoisotopic (exact) mass is 299 g/mol. The summed E-state index contributed by atoms with van der Waals surface area (Å²) in [4.78, 5) is 16.5. The fourth-order valence-electron chi connectivity index (χ4n) is 2.28. The van der Waals surface area contributed by atoms with Crippen molar-refractivity contribution < 1.29 is 14.6 Å². The van der Waals surface area contributed by atoms with Gasteiger partial charge in [0.05, 0.1) is 11.8 Å². The predicted molar refractivity (Wildman–Crippen MR) is 83.5 cm³/mol. The second kappa shape index (κ2) is 4.84. The highest BCUT2D eigenvalue weighted by Gasteiger charge is 2.13. The maximum Gasteiger partial charge on any atom is 0.264 e. The molecule has 22 heavy (non-hydrogen) atoms. The molecule has 0 fully saturated rings. The Morgan fingerprint density at radius 2 is 2.00 bits per heavy atom. The van der Waals surface area contributed by atoms with E-state index in [0.29, 0.717) is 11.1 Å². The van der Waals surface area contributed by atoms with Gasteiger partial charge in [-0.2, -0.15) is 0 Å². The number of aliphatic hydroxyl groups is 1. The van der Waals surface area contributed by atoms with Crippen LogP contribution in [0, 0.1) is 0 Å². The smallest absolute Gasteiger partial charge is 0.264 e. The van der Waals surface area contributed by atoms with E-state index in [1.807, 2.05) is 24.7 Å². The van der Waals surface area contributed by atoms with Crippen molar-refractivity contribution in [3.05, 3.63) is 45.1 Å². The molecule has 112 valence electrons. The lowest BCUT2D eigenvalue weighted by Gasteiger charge is -2.02. The predicted octanol–water partition coefficient (Wildman–Crippen LogP) is 0.484. The van der Waals surface area contributed by atoms with E-state index >= 15 is 0 Å². The quantitative estimate of drug-likeness (QED) is 0.466. The number of hydrogen-bond acceptors (Lipinski definition) is 5. The van der Waals surface area contributed by atoms with Crippen molar-refractivity contribution in [1.29, 1.82) is 0 Å². The lowest BCUT2D eigenvalue weighted by Crippen LogP contribution is -2.21. The molecule has 0 aliphatic heterocycles. The Kier molecular flexibility index (Phi) is 3.09. The molecule has 2 N–H and O–H groups in total. The summed E-state index contributed by atoms with van der Waals surface area (Å²) in [5, 5.41) is 20.6. The summed E-state index contributed by atoms with van der Waals surface area (Å²) in [5.41, 5.74) is 0.498. The van der Waals surface area contributed by atoms with Crippen molar-refractivity contribution >= 4 is 28.0 Å². The number of hydrogen-bond donors (Lipinski definition) is 2. The fraction of sp³-hybridized carbons (Fsp3) is 0.188. The van der Waals surface area contributed by atoms with Gasteiger partial charge in [0.15, 0.2) is 11.3 Å². The van der Waals surface area contributed by atoms with Crippen LogP contribution in [0.4, 0.5) is 0 Å². The average molecular weight is 299 g/mol. The molecule has 0 amide bonds. The van der Waals surface area contributed by atoms with Crippen molar-refractivity contribution in [2.45, 2.75) is 6.92 Å². The summed E-state index contributed by atoms with van der Waals surface area (Å²) in [6.45, 7) is 1.46. The van der Waals surface area contributed by atoms with Gasteiger partial charge in [0.2, 0.25) is 10.9 Å². The van der Waals surface area contributed by atoms with Crippen LogP contribution in [0.5, 0.6) is 5.75 Å². The molecule has 0 bridgehead atoms. The van der Waals surface area contributed by atoms with Gasteiger partial charge in [-0.25, -0.2) is 9.56 Å². The van der Waals surface area contributed by atoms with Crippen LogP contribution in [0.2, 0.25) is 0 Å². The van der Waals surface area contributed by atoms with Crippen LogP contribution in [0.15, 0.2) is 33.5 Å². The van der Waals surface area contributed by atoms with Crippen LogP contribution in [0.25, 0.3) is 28.0 Å². The summed E-state index contributed by atoms with van der Waals surface area (Å²) in [6, 6.07) is 6.62. The number of phenols is 1. The van der Waals surface area contributed by atoms with Crippen molar-refractivity contribution in [3.8, 4) is 5.75 Å². The Balaban J connectivity index is 2.61. The van der Waals surface area contributed by atoms with Gasteiger partial charge in [-0.3, -0.25) is 4.79 Å². The molecule has 0 saturated carbocycles. The van der Waals surface area contributed by atoms with Crippen LogP contribution in [-0.2, 0) is 0 Å². The van der Waals surface area contributed by atoms with E-state index in [0.717, 1.165) is 5.36 Å². The first-order valence-corrected chi connectivity index (χ1v) is 6.69. The summed E-state index contributed by atoms with van der Waals surface area (Å²) in [7, 11) is 3.78. The first kappa shape index (κ1) is 14.1. The van der Waals surface area contributed by atoms with Gasteiger partial charge in [-0.15, -0.1) is 0 Å². The number of aliphatic hydroxyl groups excluding tert-OH is 1. The summed E-state index contributed by atoms with van der Waals surface area (Å²) < 4.78 is 7.55. The van der Waals surface area contributed by atoms with E-state index in [1.54, 1.807) is 12.1 Å². The van der Waals surface area contributed by atoms with Crippen LogP contribution >= 0.6 is 0 Å². The number of rotatable bonds is 0. The molecule has 0 saturated heterocycles. The Morgan fingerprint density at radius 1 is 1.27 bits per heavy atom. The average Bonchev–Trinajstić information content (AvgIpc) is 2.48. The molecule has 0 atom stereocenters. The number of phenolic OH excluding ortho intramolecular Hbond substituents is 1. The molecule has 1 heterocycles. The topological polar surface area (TPSA) is 86.6 Å². The summed E-state index contributed by atoms with van der Waals surface area (Å²) in [6.07, 6.45) is 0. The largest absolute Gasteiger partial charge is 0.512 e. The van der Waals surface area contributed by atoms with Crippen molar-refractivity contribution in [2.75, 3.05) is 14.1 Å². The SMILES string of the molecule is CC(O)=c1cc(O)c(=O)c2oc3cc(=[N+](C)C)ccc3nc12. The molecule has 6 heteroatoms. The molecule has 0 spiro atoms. The Labute approximate surface area is 124 Å². The maximum absolute atomic E-state index is 12.1. The molecule has 6 nitrogen and oxygen atoms in total. The Hall–Kier alpha value is -2.89. The molecule has 0 unspecified atom stereocenters. The molecule has 0 aliphatic carbocycles. The van der Waals surface area contributed by atoms with Crippen LogP contribution in [0.1, 0.15) is 6.92 Å². The number of fused-ring (bicyclic) bond motifs is 2. The lowest BCUT2D eigenvalue weighted by atomic mass is 10.2. The third-order valence-electron chi connectivity index (χ3n) is 3.48. The minimum absolute atomic E-state index is 0.0488. The van der Waals surface area contributed by atoms with E-state index in [-0.39, 0.29) is 22.1 Å². The third kappa shape index (κ3) is 2.09. The summed E-state index contributed by atoms with van der Waals surface area (Å²) >= 11 is 0. The third-order valence-corrected chi connectivity index (χ3v) is 3.48. The van der Waals surface area contributed by atoms with Gasteiger partial charge in [0.25, 0.3) is 5.43 Å². The fourth-order valence-corrected chi connectivity index (χ4v) is 2.28. The molecule has 3 rings (SSSR count). The molecular weight excluding hydrogens is 284 g/mol. The molecule has 3 aromatic rings. The molecule has 0 aliphatic rings. The van der Waals surface area contributed by atoms with Crippen LogP contribution in [0.3, 0.4) is 0 Å². The van der Waals surface area contributed by atoms with E-state index in [2.05, 4.69) is 4.98 Å². The minimum atomic E-state index is -0.648. The Bertz CT molecular complexity index is 1090. The summed E-state index contributed by atoms with van der Waals surface area (Å²) in [5.74, 6) is -0.531. The first-order chi connectivity index (χ1) is 10.4. The highest BCUT2D eigenvalue weighted by atomic mass is 16.3. The number of aromatic hydroxyl groups is 1. The highest BCUT2D eigenvalue weighted by molar-refractivity contribution is 5.84. The van der Waals surface area contributed by atoms with E-state index in [4.69, 9.17) is 4.42 Å². The van der Waals surface area contributed by atoms with E-state index in [1.165, 1.54) is 13.0 Å². The van der Waals surface area contributed by atoms with Gasteiger partial charge in [0, 0.05) is 11.3 Å². The molecular formula is C16H15N2O4+. The molecule has 2 aromatic carbocycles. The zero-order valence-electron chi connectivity index (χ0n) is 12.4. The van der Waals surface area contributed by atoms with E-state index < -0.39 is 11.2 Å². The normalized spacial score (nSPS) is 12.7. The van der Waals surface area contributed by atoms with Crippen molar-refractivity contribution in [3.63, 3.8) is 0 Å². The van der Waals surface area contributed by atoms with Crippen LogP contribution in [-0.4, -0.2) is 29.3 Å². The number of benzene rings is 2. The van der Waals surface area contributed by atoms with Crippen molar-refractivity contribution in [1.82, 2.24) is 9.56 Å². The zero-order valence-corrected chi connectivity index (χ0v) is 12.4. The second-order valence-corrected chi connectivity index (χ2v) is 5.30. The standard InChI is InChI=1S/C16H14N2O4/c1-8(19)10-7-12(20)15(21)16-14(10)17-11-5-4-9(18(2)3)6-13(11)22-16/h4-7H,1-3H3,(H,17,21)/p+1. The zero-order chi connectivity index (χ0) is 16.0. The second-order valence-electron chi connectivity index (χ2n) is 5.30. The van der Waals surface area contributed by atoms with Crippen molar-refractivity contribution in [2.24, 2.45) is 0 Å². The van der Waals surface area contributed by atoms with Gasteiger partial charge < -0.3 is 14.6 Å².